The van der Waals surface area contributed by atoms with Crippen molar-refractivity contribution in [2.24, 2.45) is 7.05 Å². The summed E-state index contributed by atoms with van der Waals surface area (Å²) in [6.45, 7) is 6.74. The summed E-state index contributed by atoms with van der Waals surface area (Å²) in [7, 11) is -2.31. The molecule has 0 atom stereocenters. The smallest absolute Gasteiger partial charge is 0.281 e. The van der Waals surface area contributed by atoms with Crippen LogP contribution in [0.4, 0.5) is 0 Å². The van der Waals surface area contributed by atoms with Gasteiger partial charge >= 0.3 is 0 Å². The molecule has 1 N–H and O–H groups in total. The van der Waals surface area contributed by atoms with Crippen molar-refractivity contribution >= 4 is 21.1 Å². The lowest BCUT2D eigenvalue weighted by Crippen LogP contribution is -2.48. The van der Waals surface area contributed by atoms with Crippen LogP contribution in [0, 0.1) is 0 Å². The van der Waals surface area contributed by atoms with E-state index in [9.17, 15) is 13.2 Å². The molecule has 5 heterocycles. The average molecular weight is 597 g/mol. The summed E-state index contributed by atoms with van der Waals surface area (Å²) >= 11 is 0. The lowest BCUT2D eigenvalue weighted by atomic mass is 10.2. The highest BCUT2D eigenvalue weighted by molar-refractivity contribution is 7.89. The van der Waals surface area contributed by atoms with Crippen LogP contribution < -0.4 is 10.3 Å². The molecule has 1 saturated heterocycles. The van der Waals surface area contributed by atoms with Gasteiger partial charge < -0.3 is 14.7 Å². The van der Waals surface area contributed by atoms with Gasteiger partial charge in [-0.3, -0.25) is 9.36 Å². The first-order valence-electron chi connectivity index (χ1n) is 14.2. The number of hydrogen-bond acceptors (Lipinski definition) is 10. The fourth-order valence-corrected chi connectivity index (χ4v) is 6.53. The fourth-order valence-electron chi connectivity index (χ4n) is 5.14. The quantitative estimate of drug-likeness (QED) is 0.271. The Balaban J connectivity index is 1.61. The molecule has 0 bridgehead atoms. The summed E-state index contributed by atoms with van der Waals surface area (Å²) in [5, 5.41) is 13.7. The number of piperazine rings is 1. The van der Waals surface area contributed by atoms with Gasteiger partial charge in [0.25, 0.3) is 5.56 Å². The van der Waals surface area contributed by atoms with Crippen LogP contribution in [0.5, 0.6) is 5.88 Å². The molecule has 0 aliphatic carbocycles. The van der Waals surface area contributed by atoms with Gasteiger partial charge in [0.15, 0.2) is 11.3 Å². The van der Waals surface area contributed by atoms with Gasteiger partial charge in [-0.15, -0.1) is 0 Å². The molecule has 13 nitrogen and oxygen atoms in total. The Bertz CT molecular complexity index is 1710. The molecule has 5 rings (SSSR count). The van der Waals surface area contributed by atoms with E-state index in [1.165, 1.54) is 21.1 Å². The largest absolute Gasteiger partial charge is 0.477 e. The third-order valence-electron chi connectivity index (χ3n) is 7.30. The highest BCUT2D eigenvalue weighted by Gasteiger charge is 2.30. The maximum absolute atomic E-state index is 13.7. The van der Waals surface area contributed by atoms with Crippen LogP contribution in [0.1, 0.15) is 32.4 Å². The maximum atomic E-state index is 13.7. The number of rotatable bonds is 11. The summed E-state index contributed by atoms with van der Waals surface area (Å²) in [6, 6.07) is 6.96. The number of sulfonamides is 1. The van der Waals surface area contributed by atoms with Crippen LogP contribution in [-0.4, -0.2) is 98.0 Å². The van der Waals surface area contributed by atoms with Crippen molar-refractivity contribution in [1.82, 2.24) is 38.5 Å². The summed E-state index contributed by atoms with van der Waals surface area (Å²) in [5.74, 6) is 0.984. The van der Waals surface area contributed by atoms with Crippen LogP contribution in [0.25, 0.3) is 28.2 Å². The van der Waals surface area contributed by atoms with Crippen molar-refractivity contribution in [1.29, 1.82) is 0 Å². The van der Waals surface area contributed by atoms with Crippen LogP contribution in [-0.2, 0) is 23.5 Å². The second-order valence-corrected chi connectivity index (χ2v) is 12.0. The first-order valence-corrected chi connectivity index (χ1v) is 15.6. The molecule has 0 radical (unpaired) electrons. The molecule has 42 heavy (non-hydrogen) atoms. The summed E-state index contributed by atoms with van der Waals surface area (Å²) in [5.41, 5.74) is 1.28. The third-order valence-corrected chi connectivity index (χ3v) is 9.16. The lowest BCUT2D eigenvalue weighted by molar-refractivity contribution is 0.171. The Morgan fingerprint density at radius 1 is 1.07 bits per heavy atom. The Morgan fingerprint density at radius 3 is 2.52 bits per heavy atom. The van der Waals surface area contributed by atoms with E-state index in [0.29, 0.717) is 55.9 Å². The Kier molecular flexibility index (Phi) is 8.96. The molecule has 4 aromatic rings. The minimum atomic E-state index is -3.88. The van der Waals surface area contributed by atoms with Crippen molar-refractivity contribution in [3.63, 3.8) is 0 Å². The van der Waals surface area contributed by atoms with Crippen molar-refractivity contribution in [3.05, 3.63) is 52.7 Å². The van der Waals surface area contributed by atoms with Gasteiger partial charge in [0.1, 0.15) is 16.2 Å². The summed E-state index contributed by atoms with van der Waals surface area (Å²) in [4.78, 5) is 29.4. The molecule has 0 amide bonds. The van der Waals surface area contributed by atoms with Crippen LogP contribution in [0.2, 0.25) is 0 Å². The third kappa shape index (κ3) is 5.67. The number of fused-ring (bicyclic) bond motifs is 1. The van der Waals surface area contributed by atoms with Gasteiger partial charge in [-0.05, 0) is 38.0 Å². The van der Waals surface area contributed by atoms with E-state index in [1.807, 2.05) is 25.1 Å². The van der Waals surface area contributed by atoms with E-state index >= 15 is 0 Å². The van der Waals surface area contributed by atoms with Crippen molar-refractivity contribution in [2.45, 2.75) is 38.0 Å². The molecule has 1 fully saturated rings. The van der Waals surface area contributed by atoms with Crippen molar-refractivity contribution < 1.29 is 18.3 Å². The number of aliphatic hydroxyl groups excluding tert-OH is 1. The van der Waals surface area contributed by atoms with Crippen molar-refractivity contribution in [2.75, 3.05) is 45.9 Å². The Hall–Kier alpha value is -3.72. The second kappa shape index (κ2) is 12.7. The van der Waals surface area contributed by atoms with Crippen molar-refractivity contribution in [3.8, 4) is 23.1 Å². The van der Waals surface area contributed by atoms with E-state index in [1.54, 1.807) is 24.9 Å². The van der Waals surface area contributed by atoms with Crippen LogP contribution >= 0.6 is 0 Å². The molecule has 0 unspecified atom stereocenters. The number of pyridine rings is 2. The Labute approximate surface area is 244 Å². The molecule has 14 heteroatoms. The first-order chi connectivity index (χ1) is 20.3. The molecule has 4 aromatic heterocycles. The van der Waals surface area contributed by atoms with Crippen LogP contribution in [0.15, 0.2) is 46.3 Å². The zero-order chi connectivity index (χ0) is 29.9. The number of aryl methyl sites for hydroxylation is 1. The van der Waals surface area contributed by atoms with Gasteiger partial charge in [0, 0.05) is 52.6 Å². The van der Waals surface area contributed by atoms with Crippen LogP contribution in [0.3, 0.4) is 0 Å². The molecule has 0 spiro atoms. The summed E-state index contributed by atoms with van der Waals surface area (Å²) < 4.78 is 37.6. The number of aliphatic hydroxyl groups is 1. The standard InChI is InChI=1S/C28H36N8O5S/c1-4-9-22-24-25(32-36(22)23-10-6-7-11-29-23)28(38)33(3)26(31-24)21-18-20(19-30-27(21)41-5-2)42(39,40)35-15-13-34(14-16-35)12-8-17-37/h6-7,10-11,18-19,37H,4-5,8-9,12-17H2,1-3H3. The van der Waals surface area contributed by atoms with E-state index in [4.69, 9.17) is 14.8 Å². The highest BCUT2D eigenvalue weighted by atomic mass is 32.2. The van der Waals surface area contributed by atoms with Gasteiger partial charge in [0.2, 0.25) is 15.9 Å². The SMILES string of the molecule is CCCc1c2nc(-c3cc(S(=O)(=O)N4CCN(CCCO)CC4)cnc3OCC)n(C)c(=O)c2nn1-c1ccccn1. The average Bonchev–Trinajstić information content (AvgIpc) is 3.37. The Morgan fingerprint density at radius 2 is 1.86 bits per heavy atom. The zero-order valence-electron chi connectivity index (χ0n) is 24.1. The monoisotopic (exact) mass is 596 g/mol. The number of aromatic nitrogens is 6. The number of nitrogens with zero attached hydrogens (tertiary/aromatic N) is 8. The second-order valence-electron chi connectivity index (χ2n) is 10.1. The minimum Gasteiger partial charge on any atom is -0.477 e. The normalized spacial score (nSPS) is 15.0. The highest BCUT2D eigenvalue weighted by Crippen LogP contribution is 2.31. The van der Waals surface area contributed by atoms with E-state index in [0.717, 1.165) is 18.7 Å². The van der Waals surface area contributed by atoms with Gasteiger partial charge in [0.05, 0.1) is 24.1 Å². The summed E-state index contributed by atoms with van der Waals surface area (Å²) in [6.07, 6.45) is 4.99. The minimum absolute atomic E-state index is 0.00271. The predicted molar refractivity (Wildman–Crippen MR) is 157 cm³/mol. The van der Waals surface area contributed by atoms with Gasteiger partial charge in [-0.25, -0.2) is 28.1 Å². The van der Waals surface area contributed by atoms with E-state index in [-0.39, 0.29) is 40.9 Å². The maximum Gasteiger partial charge on any atom is 0.281 e. The first kappa shape index (κ1) is 29.8. The van der Waals surface area contributed by atoms with Gasteiger partial charge in [-0.2, -0.15) is 9.40 Å². The predicted octanol–water partition coefficient (Wildman–Crippen LogP) is 1.62. The fraction of sp³-hybridized carbons (Fsp3) is 0.464. The lowest BCUT2D eigenvalue weighted by Gasteiger charge is -2.33. The molecule has 224 valence electrons. The molecular weight excluding hydrogens is 560 g/mol. The molecule has 0 saturated carbocycles. The zero-order valence-corrected chi connectivity index (χ0v) is 24.9. The molecular formula is C28H36N8O5S. The molecule has 0 aromatic carbocycles. The van der Waals surface area contributed by atoms with Gasteiger partial charge in [-0.1, -0.05) is 19.4 Å². The number of hydrogen-bond donors (Lipinski definition) is 1. The topological polar surface area (TPSA) is 149 Å². The number of ether oxygens (including phenoxy) is 1. The van der Waals surface area contributed by atoms with E-state index in [2.05, 4.69) is 20.0 Å². The van der Waals surface area contributed by atoms with E-state index < -0.39 is 10.0 Å². The molecule has 1 aliphatic heterocycles. The molecule has 1 aliphatic rings.